The summed E-state index contributed by atoms with van der Waals surface area (Å²) in [7, 11) is 0. The maximum atomic E-state index is 11.2. The third-order valence-electron chi connectivity index (χ3n) is 2.41. The topological polar surface area (TPSA) is 71.8 Å². The van der Waals surface area contributed by atoms with Crippen LogP contribution >= 0.6 is 23.4 Å². The van der Waals surface area contributed by atoms with Gasteiger partial charge in [-0.15, -0.1) is 0 Å². The zero-order valence-electron chi connectivity index (χ0n) is 10.4. The predicted octanol–water partition coefficient (Wildman–Crippen LogP) is 2.46. The van der Waals surface area contributed by atoms with Crippen molar-refractivity contribution in [3.8, 4) is 0 Å². The van der Waals surface area contributed by atoms with Crippen molar-refractivity contribution in [1.82, 2.24) is 9.97 Å². The lowest BCUT2D eigenvalue weighted by Crippen LogP contribution is -2.17. The molecule has 4 nitrogen and oxygen atoms in total. The fourth-order valence-corrected chi connectivity index (χ4v) is 2.72. The number of hydrogen-bond donors (Lipinski definition) is 2. The number of nitrogens with one attached hydrogen (secondary N) is 1. The molecule has 0 aliphatic heterocycles. The molecular formula is C13H14ClN3OS. The Bertz CT molecular complexity index is 627. The number of aromatic nitrogens is 2. The van der Waals surface area contributed by atoms with Gasteiger partial charge in [0.1, 0.15) is 0 Å². The van der Waals surface area contributed by atoms with E-state index < -0.39 is 0 Å². The monoisotopic (exact) mass is 295 g/mol. The molecule has 1 unspecified atom stereocenters. The van der Waals surface area contributed by atoms with E-state index >= 15 is 0 Å². The van der Waals surface area contributed by atoms with E-state index in [0.29, 0.717) is 10.2 Å². The highest BCUT2D eigenvalue weighted by atomic mass is 35.5. The van der Waals surface area contributed by atoms with E-state index in [4.69, 9.17) is 17.3 Å². The summed E-state index contributed by atoms with van der Waals surface area (Å²) in [6.45, 7) is 1.95. The Labute approximate surface area is 120 Å². The van der Waals surface area contributed by atoms with Crippen LogP contribution in [0.15, 0.2) is 45.3 Å². The number of nitrogens with zero attached hydrogens (tertiary/aromatic N) is 1. The molecule has 0 amide bonds. The fraction of sp³-hybridized carbons (Fsp3) is 0.231. The zero-order valence-corrected chi connectivity index (χ0v) is 12.0. The van der Waals surface area contributed by atoms with Crippen LogP contribution in [0.1, 0.15) is 12.5 Å². The summed E-state index contributed by atoms with van der Waals surface area (Å²) in [5.74, 6) is 0. The first-order valence-corrected chi connectivity index (χ1v) is 7.01. The SMILES string of the molecule is CC(N)Cc1ccc(Sc2nccc(=O)[nH]2)c(Cl)c1. The summed E-state index contributed by atoms with van der Waals surface area (Å²) in [4.78, 5) is 18.8. The molecule has 2 aromatic rings. The Morgan fingerprint density at radius 2 is 2.26 bits per heavy atom. The van der Waals surface area contributed by atoms with Crippen LogP contribution in [0.2, 0.25) is 5.02 Å². The van der Waals surface area contributed by atoms with Gasteiger partial charge in [0.05, 0.1) is 5.02 Å². The lowest BCUT2D eigenvalue weighted by Gasteiger charge is -2.08. The van der Waals surface area contributed by atoms with Crippen LogP contribution in [0.5, 0.6) is 0 Å². The Balaban J connectivity index is 2.19. The molecule has 0 radical (unpaired) electrons. The van der Waals surface area contributed by atoms with Gasteiger partial charge in [0, 0.05) is 23.2 Å². The van der Waals surface area contributed by atoms with Crippen LogP contribution in [-0.2, 0) is 6.42 Å². The van der Waals surface area contributed by atoms with Gasteiger partial charge >= 0.3 is 0 Å². The molecule has 100 valence electrons. The smallest absolute Gasteiger partial charge is 0.251 e. The molecule has 0 saturated heterocycles. The van der Waals surface area contributed by atoms with Crippen LogP contribution in [0, 0.1) is 0 Å². The third-order valence-corrected chi connectivity index (χ3v) is 3.81. The summed E-state index contributed by atoms with van der Waals surface area (Å²) < 4.78 is 0. The minimum atomic E-state index is -0.179. The quantitative estimate of drug-likeness (QED) is 0.850. The molecule has 19 heavy (non-hydrogen) atoms. The molecule has 0 saturated carbocycles. The van der Waals surface area contributed by atoms with Crippen molar-refractivity contribution in [2.45, 2.75) is 29.4 Å². The molecule has 0 bridgehead atoms. The first kappa shape index (κ1) is 14.1. The largest absolute Gasteiger partial charge is 0.328 e. The van der Waals surface area contributed by atoms with Gasteiger partial charge in [0.2, 0.25) is 0 Å². The number of nitrogens with two attached hydrogens (primary N) is 1. The van der Waals surface area contributed by atoms with Crippen molar-refractivity contribution in [3.05, 3.63) is 51.4 Å². The Hall–Kier alpha value is -1.30. The summed E-state index contributed by atoms with van der Waals surface area (Å²) in [6.07, 6.45) is 2.25. The van der Waals surface area contributed by atoms with Gasteiger partial charge < -0.3 is 10.7 Å². The molecule has 1 aromatic carbocycles. The van der Waals surface area contributed by atoms with Crippen LogP contribution < -0.4 is 11.3 Å². The summed E-state index contributed by atoms with van der Waals surface area (Å²) in [5.41, 5.74) is 6.67. The van der Waals surface area contributed by atoms with Crippen molar-refractivity contribution >= 4 is 23.4 Å². The van der Waals surface area contributed by atoms with Gasteiger partial charge in [-0.25, -0.2) is 4.98 Å². The maximum Gasteiger partial charge on any atom is 0.251 e. The van der Waals surface area contributed by atoms with Crippen molar-refractivity contribution < 1.29 is 0 Å². The van der Waals surface area contributed by atoms with E-state index in [1.807, 2.05) is 25.1 Å². The predicted molar refractivity (Wildman–Crippen MR) is 77.8 cm³/mol. The number of hydrogen-bond acceptors (Lipinski definition) is 4. The van der Waals surface area contributed by atoms with Gasteiger partial charge in [-0.3, -0.25) is 4.79 Å². The Kier molecular flexibility index (Phi) is 4.63. The van der Waals surface area contributed by atoms with Crippen LogP contribution in [0.4, 0.5) is 0 Å². The highest BCUT2D eigenvalue weighted by Crippen LogP contribution is 2.31. The van der Waals surface area contributed by atoms with Crippen molar-refractivity contribution in [2.24, 2.45) is 5.73 Å². The molecule has 1 heterocycles. The van der Waals surface area contributed by atoms with Crippen molar-refractivity contribution in [2.75, 3.05) is 0 Å². The maximum absolute atomic E-state index is 11.2. The first-order valence-electron chi connectivity index (χ1n) is 5.82. The first-order chi connectivity index (χ1) is 9.04. The third kappa shape index (κ3) is 4.09. The van der Waals surface area contributed by atoms with Gasteiger partial charge in [-0.05, 0) is 31.0 Å². The zero-order chi connectivity index (χ0) is 13.8. The van der Waals surface area contributed by atoms with E-state index in [2.05, 4.69) is 9.97 Å². The second kappa shape index (κ2) is 6.23. The summed E-state index contributed by atoms with van der Waals surface area (Å²) in [5, 5.41) is 1.16. The number of H-pyrrole nitrogens is 1. The minimum absolute atomic E-state index is 0.0988. The van der Waals surface area contributed by atoms with E-state index in [0.717, 1.165) is 16.9 Å². The molecule has 1 aromatic heterocycles. The van der Waals surface area contributed by atoms with Gasteiger partial charge in [0.25, 0.3) is 5.56 Å². The number of aromatic amines is 1. The minimum Gasteiger partial charge on any atom is -0.328 e. The standard InChI is InChI=1S/C13H14ClN3OS/c1-8(15)6-9-2-3-11(10(14)7-9)19-13-16-5-4-12(18)17-13/h2-5,7-8H,6,15H2,1H3,(H,16,17,18). The number of benzene rings is 1. The Morgan fingerprint density at radius 3 is 2.89 bits per heavy atom. The van der Waals surface area contributed by atoms with Crippen LogP contribution in [0.3, 0.4) is 0 Å². The molecule has 6 heteroatoms. The average molecular weight is 296 g/mol. The van der Waals surface area contributed by atoms with Crippen molar-refractivity contribution in [3.63, 3.8) is 0 Å². The summed E-state index contributed by atoms with van der Waals surface area (Å²) >= 11 is 7.55. The summed E-state index contributed by atoms with van der Waals surface area (Å²) in [6, 6.07) is 7.27. The van der Waals surface area contributed by atoms with Crippen molar-refractivity contribution in [1.29, 1.82) is 0 Å². The number of halogens is 1. The van der Waals surface area contributed by atoms with Gasteiger partial charge in [-0.1, -0.05) is 29.4 Å². The lowest BCUT2D eigenvalue weighted by atomic mass is 10.1. The van der Waals surface area contributed by atoms with E-state index in [1.54, 1.807) is 0 Å². The second-order valence-electron chi connectivity index (χ2n) is 4.29. The Morgan fingerprint density at radius 1 is 1.47 bits per heavy atom. The molecule has 0 aliphatic carbocycles. The van der Waals surface area contributed by atoms with E-state index in [9.17, 15) is 4.79 Å². The molecule has 2 rings (SSSR count). The molecule has 3 N–H and O–H groups in total. The average Bonchev–Trinajstić information content (AvgIpc) is 2.32. The highest BCUT2D eigenvalue weighted by molar-refractivity contribution is 7.99. The molecule has 0 aliphatic rings. The van der Waals surface area contributed by atoms with E-state index in [-0.39, 0.29) is 11.6 Å². The normalized spacial score (nSPS) is 12.4. The van der Waals surface area contributed by atoms with Gasteiger partial charge in [-0.2, -0.15) is 0 Å². The fourth-order valence-electron chi connectivity index (χ4n) is 1.63. The number of rotatable bonds is 4. The van der Waals surface area contributed by atoms with Crippen LogP contribution in [-0.4, -0.2) is 16.0 Å². The second-order valence-corrected chi connectivity index (χ2v) is 5.73. The molecule has 1 atom stereocenters. The van der Waals surface area contributed by atoms with E-state index in [1.165, 1.54) is 24.0 Å². The highest BCUT2D eigenvalue weighted by Gasteiger charge is 2.07. The van der Waals surface area contributed by atoms with Crippen LogP contribution in [0.25, 0.3) is 0 Å². The lowest BCUT2D eigenvalue weighted by molar-refractivity contribution is 0.737. The molecule has 0 fully saturated rings. The molecule has 0 spiro atoms. The molecular weight excluding hydrogens is 282 g/mol. The van der Waals surface area contributed by atoms with Gasteiger partial charge in [0.15, 0.2) is 5.16 Å².